The minimum absolute atomic E-state index is 0.123. The molecule has 0 bridgehead atoms. The topological polar surface area (TPSA) is 144 Å². The Morgan fingerprint density at radius 3 is 2.77 bits per heavy atom. The molecular weight excluding hydrogens is 386 g/mol. The van der Waals surface area contributed by atoms with Crippen LogP contribution in [0.2, 0.25) is 0 Å². The lowest BCUT2D eigenvalue weighted by Gasteiger charge is -2.33. The number of guanidine groups is 1. The number of aliphatic imine (C=N–C) groups is 1. The van der Waals surface area contributed by atoms with Crippen LogP contribution in [-0.2, 0) is 10.3 Å². The highest BCUT2D eigenvalue weighted by molar-refractivity contribution is 6.03. The molecule has 0 spiro atoms. The van der Waals surface area contributed by atoms with Gasteiger partial charge in [0, 0.05) is 12.7 Å². The summed E-state index contributed by atoms with van der Waals surface area (Å²) in [5.41, 5.74) is 6.52. The van der Waals surface area contributed by atoms with Gasteiger partial charge in [0.25, 0.3) is 5.91 Å². The molecule has 3 heterocycles. The van der Waals surface area contributed by atoms with E-state index in [0.29, 0.717) is 11.5 Å². The molecule has 0 fully saturated rings. The third kappa shape index (κ3) is 3.60. The van der Waals surface area contributed by atoms with Crippen molar-refractivity contribution in [3.05, 3.63) is 60.6 Å². The van der Waals surface area contributed by atoms with Gasteiger partial charge in [0.2, 0.25) is 5.91 Å². The van der Waals surface area contributed by atoms with Crippen LogP contribution in [0.15, 0.2) is 54.3 Å². The summed E-state index contributed by atoms with van der Waals surface area (Å²) in [6, 6.07) is 7.14. The molecule has 2 aromatic heterocycles. The van der Waals surface area contributed by atoms with E-state index in [-0.39, 0.29) is 24.0 Å². The summed E-state index contributed by atoms with van der Waals surface area (Å²) in [5.74, 6) is 0.0619. The van der Waals surface area contributed by atoms with Gasteiger partial charge in [-0.05, 0) is 24.6 Å². The Kier molecular flexibility index (Phi) is 4.70. The van der Waals surface area contributed by atoms with E-state index in [4.69, 9.17) is 5.73 Å². The summed E-state index contributed by atoms with van der Waals surface area (Å²) in [4.78, 5) is 42.7. The van der Waals surface area contributed by atoms with Crippen LogP contribution in [0.25, 0.3) is 5.82 Å². The minimum atomic E-state index is -0.812. The van der Waals surface area contributed by atoms with Crippen LogP contribution in [0.5, 0.6) is 0 Å². The van der Waals surface area contributed by atoms with Crippen molar-refractivity contribution >= 4 is 23.5 Å². The molecular formula is C19H19N9O2. The molecule has 4 rings (SSSR count). The van der Waals surface area contributed by atoms with Crippen LogP contribution in [0.1, 0.15) is 29.4 Å². The zero-order chi connectivity index (χ0) is 21.3. The highest BCUT2D eigenvalue weighted by atomic mass is 16.2. The summed E-state index contributed by atoms with van der Waals surface area (Å²) >= 11 is 0. The number of hydrogen-bond acceptors (Lipinski definition) is 8. The molecule has 3 aromatic rings. The zero-order valence-corrected chi connectivity index (χ0v) is 16.4. The molecule has 11 heteroatoms. The summed E-state index contributed by atoms with van der Waals surface area (Å²) in [5, 5.41) is 6.75. The van der Waals surface area contributed by atoms with E-state index in [2.05, 4.69) is 30.4 Å². The van der Waals surface area contributed by atoms with Gasteiger partial charge in [-0.25, -0.2) is 24.6 Å². The number of benzene rings is 1. The number of nitrogens with one attached hydrogen (secondary N) is 1. The zero-order valence-electron chi connectivity index (χ0n) is 16.4. The molecule has 2 amide bonds. The molecule has 11 nitrogen and oxygen atoms in total. The second kappa shape index (κ2) is 7.35. The molecule has 1 aromatic carbocycles. The Labute approximate surface area is 171 Å². The Morgan fingerprint density at radius 1 is 1.27 bits per heavy atom. The highest BCUT2D eigenvalue weighted by Crippen LogP contribution is 2.34. The van der Waals surface area contributed by atoms with E-state index in [1.54, 1.807) is 25.2 Å². The second-order valence-corrected chi connectivity index (χ2v) is 7.01. The number of nitrogens with two attached hydrogens (primary N) is 1. The molecule has 152 valence electrons. The van der Waals surface area contributed by atoms with E-state index in [9.17, 15) is 9.59 Å². The molecule has 1 aliphatic heterocycles. The SMILES string of the molecule is CN1C(=O)CC(C)(c2cccc(NC(=O)c3cnc(-n4cncn4)cn3)c2)N=C1N. The Bertz CT molecular complexity index is 1130. The van der Waals surface area contributed by atoms with Crippen molar-refractivity contribution in [1.82, 2.24) is 29.6 Å². The van der Waals surface area contributed by atoms with Gasteiger partial charge in [-0.1, -0.05) is 12.1 Å². The maximum absolute atomic E-state index is 12.6. The first-order valence-corrected chi connectivity index (χ1v) is 9.06. The van der Waals surface area contributed by atoms with E-state index >= 15 is 0 Å². The summed E-state index contributed by atoms with van der Waals surface area (Å²) in [6.07, 6.45) is 5.84. The van der Waals surface area contributed by atoms with Crippen LogP contribution in [0, 0.1) is 0 Å². The minimum Gasteiger partial charge on any atom is -0.369 e. The first kappa shape index (κ1) is 19.2. The van der Waals surface area contributed by atoms with Gasteiger partial charge < -0.3 is 11.1 Å². The van der Waals surface area contributed by atoms with Gasteiger partial charge in [-0.2, -0.15) is 5.10 Å². The summed E-state index contributed by atoms with van der Waals surface area (Å²) in [6.45, 7) is 1.83. The fourth-order valence-electron chi connectivity index (χ4n) is 3.09. The van der Waals surface area contributed by atoms with Crippen molar-refractivity contribution in [3.63, 3.8) is 0 Å². The number of carbonyl (C=O) groups excluding carboxylic acids is 2. The number of rotatable bonds is 4. The summed E-state index contributed by atoms with van der Waals surface area (Å²) < 4.78 is 1.44. The van der Waals surface area contributed by atoms with Crippen molar-refractivity contribution in [2.24, 2.45) is 10.7 Å². The van der Waals surface area contributed by atoms with Crippen molar-refractivity contribution in [2.75, 3.05) is 12.4 Å². The molecule has 30 heavy (non-hydrogen) atoms. The van der Waals surface area contributed by atoms with Crippen molar-refractivity contribution in [2.45, 2.75) is 18.9 Å². The molecule has 0 saturated carbocycles. The molecule has 1 aliphatic rings. The highest BCUT2D eigenvalue weighted by Gasteiger charge is 2.36. The molecule has 0 radical (unpaired) electrons. The third-order valence-electron chi connectivity index (χ3n) is 4.84. The fourth-order valence-corrected chi connectivity index (χ4v) is 3.09. The maximum atomic E-state index is 12.6. The Morgan fingerprint density at radius 2 is 2.10 bits per heavy atom. The quantitative estimate of drug-likeness (QED) is 0.650. The Hall–Kier alpha value is -4.15. The summed E-state index contributed by atoms with van der Waals surface area (Å²) in [7, 11) is 1.59. The molecule has 1 unspecified atom stereocenters. The van der Waals surface area contributed by atoms with E-state index in [0.717, 1.165) is 5.56 Å². The van der Waals surface area contributed by atoms with E-state index in [1.165, 1.54) is 34.6 Å². The number of amides is 2. The van der Waals surface area contributed by atoms with Crippen molar-refractivity contribution in [3.8, 4) is 5.82 Å². The van der Waals surface area contributed by atoms with Gasteiger partial charge in [0.05, 0.1) is 24.4 Å². The third-order valence-corrected chi connectivity index (χ3v) is 4.84. The smallest absolute Gasteiger partial charge is 0.275 e. The standard InChI is InChI=1S/C19H19N9O2/c1-19(7-16(29)27(2)18(20)26-19)12-4-3-5-13(6-12)25-17(30)14-8-23-15(9-22-14)28-11-21-10-24-28/h3-6,8-11H,7H2,1-2H3,(H2,20,26)(H,25,30). The average Bonchev–Trinajstić information content (AvgIpc) is 3.27. The normalized spacial score (nSPS) is 18.8. The largest absolute Gasteiger partial charge is 0.369 e. The van der Waals surface area contributed by atoms with Crippen LogP contribution in [0.3, 0.4) is 0 Å². The van der Waals surface area contributed by atoms with Crippen LogP contribution >= 0.6 is 0 Å². The molecule has 0 aliphatic carbocycles. The van der Waals surface area contributed by atoms with Gasteiger partial charge in [0.15, 0.2) is 11.8 Å². The monoisotopic (exact) mass is 405 g/mol. The van der Waals surface area contributed by atoms with Gasteiger partial charge >= 0.3 is 0 Å². The van der Waals surface area contributed by atoms with E-state index in [1.807, 2.05) is 13.0 Å². The number of anilines is 1. The predicted octanol–water partition coefficient (Wildman–Crippen LogP) is 0.702. The van der Waals surface area contributed by atoms with Crippen LogP contribution in [0.4, 0.5) is 5.69 Å². The molecule has 0 saturated heterocycles. The fraction of sp³-hybridized carbons (Fsp3) is 0.211. The first-order chi connectivity index (χ1) is 14.4. The average molecular weight is 405 g/mol. The van der Waals surface area contributed by atoms with Gasteiger partial charge in [-0.15, -0.1) is 0 Å². The number of hydrogen-bond donors (Lipinski definition) is 2. The lowest BCUT2D eigenvalue weighted by Crippen LogP contribution is -2.47. The van der Waals surface area contributed by atoms with Gasteiger partial charge in [-0.3, -0.25) is 14.5 Å². The predicted molar refractivity (Wildman–Crippen MR) is 108 cm³/mol. The number of carbonyl (C=O) groups is 2. The van der Waals surface area contributed by atoms with Crippen LogP contribution < -0.4 is 11.1 Å². The molecule has 1 atom stereocenters. The molecule has 3 N–H and O–H groups in total. The Balaban J connectivity index is 1.53. The first-order valence-electron chi connectivity index (χ1n) is 9.06. The van der Waals surface area contributed by atoms with Crippen molar-refractivity contribution < 1.29 is 9.59 Å². The van der Waals surface area contributed by atoms with Crippen LogP contribution in [-0.4, -0.2) is 54.5 Å². The number of nitrogens with zero attached hydrogens (tertiary/aromatic N) is 7. The maximum Gasteiger partial charge on any atom is 0.275 e. The van der Waals surface area contributed by atoms with Gasteiger partial charge in [0.1, 0.15) is 18.3 Å². The lowest BCUT2D eigenvalue weighted by molar-refractivity contribution is -0.128. The van der Waals surface area contributed by atoms with E-state index < -0.39 is 11.4 Å². The lowest BCUT2D eigenvalue weighted by atomic mass is 9.87. The second-order valence-electron chi connectivity index (χ2n) is 7.01. The van der Waals surface area contributed by atoms with Crippen molar-refractivity contribution in [1.29, 1.82) is 0 Å². The number of aromatic nitrogens is 5.